The number of fused-ring (bicyclic) bond motifs is 2. The molecular weight excluding hydrogens is 386 g/mol. The van der Waals surface area contributed by atoms with Gasteiger partial charge in [0, 0.05) is 27.7 Å². The summed E-state index contributed by atoms with van der Waals surface area (Å²) in [6, 6.07) is 6.74. The number of halogens is 1. The van der Waals surface area contributed by atoms with Crippen LogP contribution in [0, 0.1) is 13.8 Å². The molecule has 0 aliphatic rings. The number of hydrogen-bond donors (Lipinski definition) is 1. The van der Waals surface area contributed by atoms with Crippen LogP contribution < -0.4 is 11.2 Å². The van der Waals surface area contributed by atoms with Crippen LogP contribution in [0.4, 0.5) is 0 Å². The normalized spacial score (nSPS) is 11.3. The molecule has 0 amide bonds. The summed E-state index contributed by atoms with van der Waals surface area (Å²) in [5.74, 6) is 0. The fourth-order valence-corrected chi connectivity index (χ4v) is 3.06. The van der Waals surface area contributed by atoms with Crippen molar-refractivity contribution in [1.82, 2.24) is 15.0 Å². The zero-order chi connectivity index (χ0) is 17.7. The summed E-state index contributed by atoms with van der Waals surface area (Å²) in [6.45, 7) is 3.90. The van der Waals surface area contributed by atoms with E-state index in [-0.39, 0.29) is 5.69 Å². The third kappa shape index (κ3) is 2.66. The third-order valence-electron chi connectivity index (χ3n) is 4.13. The molecule has 0 aliphatic carbocycles. The lowest BCUT2D eigenvalue weighted by molar-refractivity contribution is 0.561. The molecule has 6 nitrogen and oxygen atoms in total. The molecular formula is C18H12BrN3O3. The molecule has 0 atom stereocenters. The number of hydrogen-bond acceptors (Lipinski definition) is 5. The highest BCUT2D eigenvalue weighted by molar-refractivity contribution is 9.10. The van der Waals surface area contributed by atoms with Crippen molar-refractivity contribution in [3.8, 4) is 11.3 Å². The molecule has 4 rings (SSSR count). The van der Waals surface area contributed by atoms with Crippen molar-refractivity contribution in [1.29, 1.82) is 0 Å². The Morgan fingerprint density at radius 1 is 1.08 bits per heavy atom. The summed E-state index contributed by atoms with van der Waals surface area (Å²) in [6.07, 6.45) is 1.58. The van der Waals surface area contributed by atoms with E-state index in [1.54, 1.807) is 18.3 Å². The number of aryl methyl sites for hydroxylation is 2. The Morgan fingerprint density at radius 3 is 2.64 bits per heavy atom. The molecule has 25 heavy (non-hydrogen) atoms. The monoisotopic (exact) mass is 397 g/mol. The lowest BCUT2D eigenvalue weighted by atomic mass is 10.0. The summed E-state index contributed by atoms with van der Waals surface area (Å²) in [5, 5.41) is 0.669. The Bertz CT molecular complexity index is 1270. The van der Waals surface area contributed by atoms with Crippen molar-refractivity contribution in [3.63, 3.8) is 0 Å². The van der Waals surface area contributed by atoms with E-state index in [1.807, 2.05) is 19.9 Å². The van der Waals surface area contributed by atoms with Crippen LogP contribution in [-0.4, -0.2) is 15.0 Å². The molecule has 0 radical (unpaired) electrons. The van der Waals surface area contributed by atoms with Gasteiger partial charge in [0.15, 0.2) is 5.65 Å². The predicted molar refractivity (Wildman–Crippen MR) is 98.8 cm³/mol. The van der Waals surface area contributed by atoms with E-state index in [0.717, 1.165) is 15.6 Å². The first-order valence-electron chi connectivity index (χ1n) is 7.53. The molecule has 1 N–H and O–H groups in total. The topological polar surface area (TPSA) is 88.8 Å². The first kappa shape index (κ1) is 15.7. The SMILES string of the molecule is Cc1cc2oc(=O)cc(-c3nc4cc(Br)cnc4[nH]c3=O)c2cc1C. The zero-order valence-corrected chi connectivity index (χ0v) is 15.0. The summed E-state index contributed by atoms with van der Waals surface area (Å²) >= 11 is 3.34. The number of nitrogens with one attached hydrogen (secondary N) is 1. The van der Waals surface area contributed by atoms with Gasteiger partial charge in [-0.15, -0.1) is 0 Å². The molecule has 0 saturated carbocycles. The van der Waals surface area contributed by atoms with Gasteiger partial charge in [-0.25, -0.2) is 14.8 Å². The minimum Gasteiger partial charge on any atom is -0.423 e. The van der Waals surface area contributed by atoms with Crippen LogP contribution in [0.2, 0.25) is 0 Å². The third-order valence-corrected chi connectivity index (χ3v) is 4.56. The summed E-state index contributed by atoms with van der Waals surface area (Å²) in [7, 11) is 0. The van der Waals surface area contributed by atoms with Gasteiger partial charge in [0.2, 0.25) is 0 Å². The second-order valence-electron chi connectivity index (χ2n) is 5.85. The van der Waals surface area contributed by atoms with Gasteiger partial charge < -0.3 is 9.40 Å². The zero-order valence-electron chi connectivity index (χ0n) is 13.4. The van der Waals surface area contributed by atoms with E-state index in [0.29, 0.717) is 27.7 Å². The van der Waals surface area contributed by atoms with Crippen molar-refractivity contribution in [2.45, 2.75) is 13.8 Å². The molecule has 3 aromatic heterocycles. The summed E-state index contributed by atoms with van der Waals surface area (Å²) in [5.41, 5.74) is 3.04. The molecule has 3 heterocycles. The van der Waals surface area contributed by atoms with Gasteiger partial charge in [0.25, 0.3) is 5.56 Å². The minimum absolute atomic E-state index is 0.161. The fraction of sp³-hybridized carbons (Fsp3) is 0.111. The maximum atomic E-state index is 12.5. The minimum atomic E-state index is -0.528. The van der Waals surface area contributed by atoms with Crippen LogP contribution in [0.1, 0.15) is 11.1 Å². The Hall–Kier alpha value is -2.80. The van der Waals surface area contributed by atoms with Crippen LogP contribution in [0.5, 0.6) is 0 Å². The molecule has 124 valence electrons. The first-order valence-corrected chi connectivity index (χ1v) is 8.33. The van der Waals surface area contributed by atoms with Gasteiger partial charge in [-0.1, -0.05) is 0 Å². The molecule has 4 aromatic rings. The second kappa shape index (κ2) is 5.63. The Balaban J connectivity index is 2.12. The van der Waals surface area contributed by atoms with Crippen LogP contribution in [0.3, 0.4) is 0 Å². The highest BCUT2D eigenvalue weighted by atomic mass is 79.9. The van der Waals surface area contributed by atoms with Crippen LogP contribution in [-0.2, 0) is 0 Å². The predicted octanol–water partition coefficient (Wildman–Crippen LogP) is 3.47. The number of pyridine rings is 1. The average Bonchev–Trinajstić information content (AvgIpc) is 2.55. The second-order valence-corrected chi connectivity index (χ2v) is 6.76. The van der Waals surface area contributed by atoms with E-state index < -0.39 is 11.2 Å². The number of benzene rings is 1. The number of aromatic nitrogens is 3. The lowest BCUT2D eigenvalue weighted by Crippen LogP contribution is -2.13. The van der Waals surface area contributed by atoms with Crippen LogP contribution in [0.25, 0.3) is 33.4 Å². The fourth-order valence-electron chi connectivity index (χ4n) is 2.74. The molecule has 7 heteroatoms. The van der Waals surface area contributed by atoms with Crippen molar-refractivity contribution < 1.29 is 4.42 Å². The maximum absolute atomic E-state index is 12.5. The number of nitrogens with zero attached hydrogens (tertiary/aromatic N) is 2. The smallest absolute Gasteiger partial charge is 0.336 e. The van der Waals surface area contributed by atoms with Gasteiger partial charge in [0.1, 0.15) is 16.8 Å². The highest BCUT2D eigenvalue weighted by Crippen LogP contribution is 2.27. The first-order chi connectivity index (χ1) is 11.9. The maximum Gasteiger partial charge on any atom is 0.336 e. The quantitative estimate of drug-likeness (QED) is 0.496. The van der Waals surface area contributed by atoms with Crippen molar-refractivity contribution >= 4 is 38.1 Å². The Kier molecular flexibility index (Phi) is 3.54. The van der Waals surface area contributed by atoms with E-state index >= 15 is 0 Å². The van der Waals surface area contributed by atoms with Gasteiger partial charge in [0.05, 0.1) is 0 Å². The molecule has 0 fully saturated rings. The van der Waals surface area contributed by atoms with E-state index in [4.69, 9.17) is 4.42 Å². The average molecular weight is 398 g/mol. The van der Waals surface area contributed by atoms with Gasteiger partial charge >= 0.3 is 5.63 Å². The lowest BCUT2D eigenvalue weighted by Gasteiger charge is -2.08. The summed E-state index contributed by atoms with van der Waals surface area (Å²) in [4.78, 5) is 35.8. The largest absolute Gasteiger partial charge is 0.423 e. The van der Waals surface area contributed by atoms with Gasteiger partial charge in [-0.3, -0.25) is 4.79 Å². The Morgan fingerprint density at radius 2 is 1.84 bits per heavy atom. The number of H-pyrrole nitrogens is 1. The van der Waals surface area contributed by atoms with Crippen LogP contribution >= 0.6 is 15.9 Å². The molecule has 0 unspecified atom stereocenters. The van der Waals surface area contributed by atoms with Crippen molar-refractivity contribution in [2.24, 2.45) is 0 Å². The molecule has 0 saturated heterocycles. The van der Waals surface area contributed by atoms with E-state index in [9.17, 15) is 9.59 Å². The highest BCUT2D eigenvalue weighted by Gasteiger charge is 2.15. The van der Waals surface area contributed by atoms with Gasteiger partial charge in [-0.05, 0) is 59.1 Å². The Labute approximate surface area is 149 Å². The van der Waals surface area contributed by atoms with E-state index in [2.05, 4.69) is 30.9 Å². The summed E-state index contributed by atoms with van der Waals surface area (Å²) < 4.78 is 6.04. The van der Waals surface area contributed by atoms with E-state index in [1.165, 1.54) is 6.07 Å². The van der Waals surface area contributed by atoms with Crippen LogP contribution in [0.15, 0.2) is 48.9 Å². The molecule has 1 aromatic carbocycles. The molecule has 0 bridgehead atoms. The number of aromatic amines is 1. The standard InChI is InChI=1S/C18H12BrN3O3/c1-8-3-11-12(6-15(23)25-14(11)4-9(8)2)16-18(24)22-17-13(21-16)5-10(19)7-20-17/h3-7H,1-2H3,(H,20,22,24). The van der Waals surface area contributed by atoms with Gasteiger partial charge in [-0.2, -0.15) is 0 Å². The van der Waals surface area contributed by atoms with Crippen molar-refractivity contribution in [3.05, 3.63) is 66.8 Å². The molecule has 0 aliphatic heterocycles. The molecule has 0 spiro atoms. The van der Waals surface area contributed by atoms with Crippen molar-refractivity contribution in [2.75, 3.05) is 0 Å². The number of rotatable bonds is 1.